The van der Waals surface area contributed by atoms with Crippen LogP contribution in [0.25, 0.3) is 11.3 Å². The summed E-state index contributed by atoms with van der Waals surface area (Å²) < 4.78 is 2.23. The maximum Gasteiger partial charge on any atom is 0.123 e. The van der Waals surface area contributed by atoms with E-state index in [1.807, 2.05) is 0 Å². The van der Waals surface area contributed by atoms with Gasteiger partial charge in [0.25, 0.3) is 0 Å². The minimum absolute atomic E-state index is 0.428. The van der Waals surface area contributed by atoms with E-state index < -0.39 is 0 Å². The van der Waals surface area contributed by atoms with Gasteiger partial charge in [-0.1, -0.05) is 44.2 Å². The Morgan fingerprint density at radius 1 is 1.16 bits per heavy atom. The molecular formula is C16H23N3. The Morgan fingerprint density at radius 2 is 1.79 bits per heavy atom. The van der Waals surface area contributed by atoms with Crippen molar-refractivity contribution in [3.63, 3.8) is 0 Å². The summed E-state index contributed by atoms with van der Waals surface area (Å²) in [4.78, 5) is 7.00. The van der Waals surface area contributed by atoms with Crippen LogP contribution >= 0.6 is 0 Å². The van der Waals surface area contributed by atoms with Crippen LogP contribution in [0.5, 0.6) is 0 Å². The summed E-state index contributed by atoms with van der Waals surface area (Å²) in [6.45, 7) is 5.27. The highest BCUT2D eigenvalue weighted by atomic mass is 15.1. The van der Waals surface area contributed by atoms with Crippen LogP contribution in [0.1, 0.15) is 31.3 Å². The molecule has 0 aliphatic rings. The molecule has 3 heteroatoms. The first-order chi connectivity index (χ1) is 9.00. The van der Waals surface area contributed by atoms with E-state index in [9.17, 15) is 0 Å². The van der Waals surface area contributed by atoms with Crippen LogP contribution in [0, 0.1) is 0 Å². The zero-order valence-electron chi connectivity index (χ0n) is 12.5. The van der Waals surface area contributed by atoms with Gasteiger partial charge in [-0.2, -0.15) is 0 Å². The van der Waals surface area contributed by atoms with Gasteiger partial charge in [-0.25, -0.2) is 4.98 Å². The summed E-state index contributed by atoms with van der Waals surface area (Å²) in [5.41, 5.74) is 3.67. The number of hydrogen-bond acceptors (Lipinski definition) is 2. The molecule has 102 valence electrons. The van der Waals surface area contributed by atoms with Crippen LogP contribution in [0.15, 0.2) is 30.3 Å². The van der Waals surface area contributed by atoms with Crippen LogP contribution in [-0.2, 0) is 13.6 Å². The van der Waals surface area contributed by atoms with E-state index in [2.05, 4.69) is 74.8 Å². The molecule has 0 spiro atoms. The molecule has 0 amide bonds. The molecule has 1 heterocycles. The van der Waals surface area contributed by atoms with Crippen molar-refractivity contribution in [2.75, 3.05) is 14.1 Å². The third kappa shape index (κ3) is 2.87. The molecule has 2 rings (SSSR count). The normalized spacial score (nSPS) is 11.5. The Balaban J connectivity index is 2.55. The Morgan fingerprint density at radius 3 is 2.32 bits per heavy atom. The molecule has 3 nitrogen and oxygen atoms in total. The molecule has 0 saturated carbocycles. The second-order valence-electron chi connectivity index (χ2n) is 5.58. The fraction of sp³-hybridized carbons (Fsp3) is 0.438. The molecule has 0 aliphatic heterocycles. The Kier molecular flexibility index (Phi) is 4.05. The van der Waals surface area contributed by atoms with Gasteiger partial charge >= 0.3 is 0 Å². The predicted molar refractivity (Wildman–Crippen MR) is 80.1 cm³/mol. The van der Waals surface area contributed by atoms with Gasteiger partial charge in [0.15, 0.2) is 0 Å². The average molecular weight is 257 g/mol. The molecule has 0 atom stereocenters. The zero-order chi connectivity index (χ0) is 14.0. The van der Waals surface area contributed by atoms with Crippen LogP contribution in [0.4, 0.5) is 0 Å². The monoisotopic (exact) mass is 257 g/mol. The highest BCUT2D eigenvalue weighted by molar-refractivity contribution is 5.63. The van der Waals surface area contributed by atoms with Gasteiger partial charge in [-0.3, -0.25) is 0 Å². The molecule has 19 heavy (non-hydrogen) atoms. The van der Waals surface area contributed by atoms with E-state index in [0.717, 1.165) is 12.4 Å². The van der Waals surface area contributed by atoms with Crippen molar-refractivity contribution >= 4 is 0 Å². The molecular weight excluding hydrogens is 234 g/mol. The zero-order valence-corrected chi connectivity index (χ0v) is 12.5. The van der Waals surface area contributed by atoms with Crippen LogP contribution in [-0.4, -0.2) is 28.5 Å². The van der Waals surface area contributed by atoms with Crippen LogP contribution in [0.3, 0.4) is 0 Å². The fourth-order valence-corrected chi connectivity index (χ4v) is 2.33. The summed E-state index contributed by atoms with van der Waals surface area (Å²) in [6, 6.07) is 10.5. The molecule has 0 N–H and O–H groups in total. The molecule has 1 aromatic carbocycles. The number of imidazole rings is 1. The lowest BCUT2D eigenvalue weighted by molar-refractivity contribution is 0.385. The van der Waals surface area contributed by atoms with Crippen molar-refractivity contribution in [1.82, 2.24) is 14.5 Å². The fourth-order valence-electron chi connectivity index (χ4n) is 2.33. The highest BCUT2D eigenvalue weighted by Crippen LogP contribution is 2.29. The molecule has 2 aromatic rings. The van der Waals surface area contributed by atoms with Crippen molar-refractivity contribution in [1.29, 1.82) is 0 Å². The summed E-state index contributed by atoms with van der Waals surface area (Å²) in [6.07, 6.45) is 0. The molecule has 0 saturated heterocycles. The average Bonchev–Trinajstić information content (AvgIpc) is 2.67. The smallest absolute Gasteiger partial charge is 0.123 e. The van der Waals surface area contributed by atoms with E-state index in [1.165, 1.54) is 17.0 Å². The summed E-state index contributed by atoms with van der Waals surface area (Å²) in [5, 5.41) is 0. The van der Waals surface area contributed by atoms with E-state index in [-0.39, 0.29) is 0 Å². The number of aromatic nitrogens is 2. The highest BCUT2D eigenvalue weighted by Gasteiger charge is 2.18. The van der Waals surface area contributed by atoms with Gasteiger partial charge in [0.1, 0.15) is 5.82 Å². The number of benzene rings is 1. The van der Waals surface area contributed by atoms with E-state index in [0.29, 0.717) is 5.92 Å². The largest absolute Gasteiger partial charge is 0.330 e. The van der Waals surface area contributed by atoms with Gasteiger partial charge < -0.3 is 9.47 Å². The number of rotatable bonds is 4. The standard InChI is InChI=1S/C16H23N3/c1-12(2)15-16(13-9-7-6-8-10-13)19(5)14(17-15)11-18(3)4/h6-10,12H,11H2,1-5H3. The van der Waals surface area contributed by atoms with Crippen molar-refractivity contribution in [2.24, 2.45) is 7.05 Å². The van der Waals surface area contributed by atoms with Crippen LogP contribution in [0.2, 0.25) is 0 Å². The molecule has 0 fully saturated rings. The first-order valence-corrected chi connectivity index (χ1v) is 6.76. The van der Waals surface area contributed by atoms with Crippen molar-refractivity contribution in [2.45, 2.75) is 26.3 Å². The van der Waals surface area contributed by atoms with Gasteiger partial charge in [0.05, 0.1) is 17.9 Å². The molecule has 1 aromatic heterocycles. The first kappa shape index (κ1) is 13.8. The van der Waals surface area contributed by atoms with Gasteiger partial charge in [0, 0.05) is 12.6 Å². The third-order valence-corrected chi connectivity index (χ3v) is 3.27. The summed E-state index contributed by atoms with van der Waals surface area (Å²) in [7, 11) is 6.26. The number of nitrogens with zero attached hydrogens (tertiary/aromatic N) is 3. The summed E-state index contributed by atoms with van der Waals surface area (Å²) >= 11 is 0. The van der Waals surface area contributed by atoms with Gasteiger partial charge in [-0.05, 0) is 20.0 Å². The SMILES string of the molecule is CC(C)c1nc(CN(C)C)n(C)c1-c1ccccc1. The maximum atomic E-state index is 4.85. The quantitative estimate of drug-likeness (QED) is 0.838. The molecule has 0 radical (unpaired) electrons. The van der Waals surface area contributed by atoms with Gasteiger partial charge in [0.2, 0.25) is 0 Å². The lowest BCUT2D eigenvalue weighted by Gasteiger charge is -2.11. The summed E-state index contributed by atoms with van der Waals surface area (Å²) in [5.74, 6) is 1.55. The van der Waals surface area contributed by atoms with E-state index >= 15 is 0 Å². The second-order valence-corrected chi connectivity index (χ2v) is 5.58. The number of hydrogen-bond donors (Lipinski definition) is 0. The molecule has 0 bridgehead atoms. The van der Waals surface area contributed by atoms with Crippen LogP contribution < -0.4 is 0 Å². The molecule has 0 aliphatic carbocycles. The van der Waals surface area contributed by atoms with Crippen molar-refractivity contribution in [3.05, 3.63) is 41.9 Å². The van der Waals surface area contributed by atoms with Gasteiger partial charge in [-0.15, -0.1) is 0 Å². The maximum absolute atomic E-state index is 4.85. The minimum Gasteiger partial charge on any atom is -0.330 e. The van der Waals surface area contributed by atoms with Crippen molar-refractivity contribution in [3.8, 4) is 11.3 Å². The minimum atomic E-state index is 0.428. The Bertz CT molecular complexity index is 539. The van der Waals surface area contributed by atoms with Crippen molar-refractivity contribution < 1.29 is 0 Å². The van der Waals surface area contributed by atoms with E-state index in [1.54, 1.807) is 0 Å². The lowest BCUT2D eigenvalue weighted by Crippen LogP contribution is -2.14. The Hall–Kier alpha value is -1.61. The molecule has 0 unspecified atom stereocenters. The third-order valence-electron chi connectivity index (χ3n) is 3.27. The topological polar surface area (TPSA) is 21.1 Å². The Labute approximate surface area is 115 Å². The van der Waals surface area contributed by atoms with E-state index in [4.69, 9.17) is 4.98 Å². The second kappa shape index (κ2) is 5.57. The first-order valence-electron chi connectivity index (χ1n) is 6.76. The lowest BCUT2D eigenvalue weighted by atomic mass is 10.0. The predicted octanol–water partition coefficient (Wildman–Crippen LogP) is 3.27.